The molecule has 3 aromatic rings. The minimum atomic E-state index is 0.0718. The molecule has 0 aliphatic carbocycles. The van der Waals surface area contributed by atoms with Gasteiger partial charge in [-0.05, 0) is 50.3 Å². The maximum absolute atomic E-state index is 12.7. The smallest absolute Gasteiger partial charge is 0.223 e. The molecule has 0 spiro atoms. The van der Waals surface area contributed by atoms with E-state index < -0.39 is 0 Å². The molecule has 0 saturated carbocycles. The minimum Gasteiger partial charge on any atom is -0.376 e. The third-order valence-corrected chi connectivity index (χ3v) is 6.77. The van der Waals surface area contributed by atoms with Crippen LogP contribution in [0.2, 0.25) is 0 Å². The van der Waals surface area contributed by atoms with E-state index in [9.17, 15) is 4.79 Å². The molecule has 2 aromatic carbocycles. The van der Waals surface area contributed by atoms with Gasteiger partial charge in [0.2, 0.25) is 11.9 Å². The number of benzene rings is 2. The van der Waals surface area contributed by atoms with Gasteiger partial charge in [0.05, 0.1) is 23.7 Å². The lowest BCUT2D eigenvalue weighted by Gasteiger charge is -2.32. The summed E-state index contributed by atoms with van der Waals surface area (Å²) in [5, 5.41) is 3.12. The number of imidazole rings is 1. The summed E-state index contributed by atoms with van der Waals surface area (Å²) >= 11 is 0. The van der Waals surface area contributed by atoms with Crippen molar-refractivity contribution in [3.8, 4) is 0 Å². The third kappa shape index (κ3) is 4.51. The number of ether oxygens (including phenoxy) is 1. The van der Waals surface area contributed by atoms with Crippen molar-refractivity contribution in [2.75, 3.05) is 31.1 Å². The van der Waals surface area contributed by atoms with Gasteiger partial charge in [0.25, 0.3) is 0 Å². The van der Waals surface area contributed by atoms with Crippen molar-refractivity contribution in [1.82, 2.24) is 14.9 Å². The molecule has 32 heavy (non-hydrogen) atoms. The molecular formula is C26H32N4O2. The lowest BCUT2D eigenvalue weighted by Crippen LogP contribution is -2.43. The second-order valence-electron chi connectivity index (χ2n) is 9.11. The van der Waals surface area contributed by atoms with Crippen LogP contribution in [0.1, 0.15) is 36.8 Å². The maximum atomic E-state index is 12.7. The number of anilines is 1. The number of hydrogen-bond donors (Lipinski definition) is 1. The summed E-state index contributed by atoms with van der Waals surface area (Å²) in [4.78, 5) is 20.0. The molecule has 168 valence electrons. The van der Waals surface area contributed by atoms with Crippen molar-refractivity contribution in [3.63, 3.8) is 0 Å². The second kappa shape index (κ2) is 9.33. The van der Waals surface area contributed by atoms with Gasteiger partial charge in [-0.2, -0.15) is 0 Å². The Labute approximate surface area is 189 Å². The fraction of sp³-hybridized carbons (Fsp3) is 0.462. The van der Waals surface area contributed by atoms with E-state index in [4.69, 9.17) is 9.72 Å². The molecule has 2 aliphatic heterocycles. The number of hydrogen-bond acceptors (Lipinski definition) is 4. The van der Waals surface area contributed by atoms with E-state index in [2.05, 4.69) is 64.2 Å². The molecule has 2 saturated heterocycles. The van der Waals surface area contributed by atoms with Crippen LogP contribution < -0.4 is 10.2 Å². The predicted molar refractivity (Wildman–Crippen MR) is 127 cm³/mol. The van der Waals surface area contributed by atoms with Gasteiger partial charge in [-0.15, -0.1) is 0 Å². The SMILES string of the molecule is Cc1ccc(Cn2c(N3CCC(C(=O)NC[C@H]4CCCO4)CC3)nc3ccccc32)cc1. The van der Waals surface area contributed by atoms with Gasteiger partial charge in [0.1, 0.15) is 0 Å². The van der Waals surface area contributed by atoms with E-state index in [0.29, 0.717) is 6.54 Å². The molecule has 1 N–H and O–H groups in total. The van der Waals surface area contributed by atoms with E-state index in [1.54, 1.807) is 0 Å². The Bertz CT molecular complexity index is 1060. The molecule has 0 radical (unpaired) electrons. The Kier molecular flexibility index (Phi) is 6.12. The molecule has 1 atom stereocenters. The molecule has 6 heteroatoms. The highest BCUT2D eigenvalue weighted by molar-refractivity contribution is 5.80. The Morgan fingerprint density at radius 3 is 2.62 bits per heavy atom. The molecule has 0 bridgehead atoms. The number of para-hydroxylation sites is 2. The molecule has 2 fully saturated rings. The number of nitrogens with zero attached hydrogens (tertiary/aromatic N) is 3. The number of aromatic nitrogens is 2. The first-order chi connectivity index (χ1) is 15.7. The average Bonchev–Trinajstić information content (AvgIpc) is 3.47. The third-order valence-electron chi connectivity index (χ3n) is 6.77. The van der Waals surface area contributed by atoms with Crippen molar-refractivity contribution in [2.24, 2.45) is 5.92 Å². The van der Waals surface area contributed by atoms with E-state index in [-0.39, 0.29) is 17.9 Å². The molecule has 0 unspecified atom stereocenters. The maximum Gasteiger partial charge on any atom is 0.223 e. The van der Waals surface area contributed by atoms with E-state index in [0.717, 1.165) is 68.9 Å². The highest BCUT2D eigenvalue weighted by atomic mass is 16.5. The average molecular weight is 433 g/mol. The molecule has 2 aliphatic rings. The Morgan fingerprint density at radius 2 is 1.88 bits per heavy atom. The fourth-order valence-corrected chi connectivity index (χ4v) is 4.84. The summed E-state index contributed by atoms with van der Waals surface area (Å²) in [7, 11) is 0. The first-order valence-electron chi connectivity index (χ1n) is 11.8. The summed E-state index contributed by atoms with van der Waals surface area (Å²) in [6.07, 6.45) is 4.05. The van der Waals surface area contributed by atoms with Gasteiger partial charge in [0.15, 0.2) is 0 Å². The highest BCUT2D eigenvalue weighted by Gasteiger charge is 2.28. The van der Waals surface area contributed by atoms with Gasteiger partial charge in [0, 0.05) is 32.2 Å². The largest absolute Gasteiger partial charge is 0.376 e. The van der Waals surface area contributed by atoms with Crippen molar-refractivity contribution in [2.45, 2.75) is 45.3 Å². The van der Waals surface area contributed by atoms with Crippen LogP contribution in [0.15, 0.2) is 48.5 Å². The quantitative estimate of drug-likeness (QED) is 0.642. The summed E-state index contributed by atoms with van der Waals surface area (Å²) in [5.41, 5.74) is 4.71. The second-order valence-corrected chi connectivity index (χ2v) is 9.11. The summed E-state index contributed by atoms with van der Waals surface area (Å²) in [5.74, 6) is 1.25. The predicted octanol–water partition coefficient (Wildman–Crippen LogP) is 3.90. The number of amides is 1. The summed E-state index contributed by atoms with van der Waals surface area (Å²) < 4.78 is 7.95. The number of carbonyl (C=O) groups is 1. The lowest BCUT2D eigenvalue weighted by molar-refractivity contribution is -0.126. The number of fused-ring (bicyclic) bond motifs is 1. The van der Waals surface area contributed by atoms with Crippen LogP contribution in [0, 0.1) is 12.8 Å². The number of aryl methyl sites for hydroxylation is 1. The number of nitrogens with one attached hydrogen (secondary N) is 1. The van der Waals surface area contributed by atoms with Crippen molar-refractivity contribution < 1.29 is 9.53 Å². The van der Waals surface area contributed by atoms with Crippen LogP contribution >= 0.6 is 0 Å². The first-order valence-corrected chi connectivity index (χ1v) is 11.8. The van der Waals surface area contributed by atoms with Crippen molar-refractivity contribution in [3.05, 3.63) is 59.7 Å². The van der Waals surface area contributed by atoms with Crippen molar-refractivity contribution in [1.29, 1.82) is 0 Å². The lowest BCUT2D eigenvalue weighted by atomic mass is 9.96. The molecule has 5 rings (SSSR count). The van der Waals surface area contributed by atoms with Crippen LogP contribution in [-0.2, 0) is 16.1 Å². The Hall–Kier alpha value is -2.86. The zero-order chi connectivity index (χ0) is 21.9. The summed E-state index contributed by atoms with van der Waals surface area (Å²) in [6.45, 7) is 6.05. The molecule has 1 aromatic heterocycles. The first kappa shape index (κ1) is 21.0. The number of piperidine rings is 1. The van der Waals surface area contributed by atoms with E-state index in [1.165, 1.54) is 11.1 Å². The monoisotopic (exact) mass is 432 g/mol. The van der Waals surface area contributed by atoms with Crippen LogP contribution in [0.25, 0.3) is 11.0 Å². The molecule has 3 heterocycles. The summed E-state index contributed by atoms with van der Waals surface area (Å²) in [6, 6.07) is 17.0. The highest BCUT2D eigenvalue weighted by Crippen LogP contribution is 2.28. The minimum absolute atomic E-state index is 0.0718. The molecule has 6 nitrogen and oxygen atoms in total. The zero-order valence-corrected chi connectivity index (χ0v) is 18.8. The Morgan fingerprint density at radius 1 is 1.09 bits per heavy atom. The number of rotatable bonds is 6. The molecule has 1 amide bonds. The number of carbonyl (C=O) groups excluding carboxylic acids is 1. The van der Waals surface area contributed by atoms with Crippen LogP contribution in [-0.4, -0.2) is 47.8 Å². The van der Waals surface area contributed by atoms with E-state index in [1.807, 2.05) is 6.07 Å². The van der Waals surface area contributed by atoms with Crippen molar-refractivity contribution >= 4 is 22.9 Å². The molecular weight excluding hydrogens is 400 g/mol. The van der Waals surface area contributed by atoms with Gasteiger partial charge in [-0.3, -0.25) is 4.79 Å². The zero-order valence-electron chi connectivity index (χ0n) is 18.8. The standard InChI is InChI=1S/C26H32N4O2/c1-19-8-10-20(11-9-19)18-30-24-7-3-2-6-23(24)28-26(30)29-14-12-21(13-15-29)25(31)27-17-22-5-4-16-32-22/h2-3,6-11,21-22H,4-5,12-18H2,1H3,(H,27,31)/t22-/m1/s1. The van der Waals surface area contributed by atoms with Gasteiger partial charge in [-0.1, -0.05) is 42.0 Å². The van der Waals surface area contributed by atoms with E-state index >= 15 is 0 Å². The van der Waals surface area contributed by atoms with Crippen LogP contribution in [0.5, 0.6) is 0 Å². The van der Waals surface area contributed by atoms with Crippen LogP contribution in [0.3, 0.4) is 0 Å². The normalized spacial score (nSPS) is 19.5. The van der Waals surface area contributed by atoms with Gasteiger partial charge >= 0.3 is 0 Å². The topological polar surface area (TPSA) is 59.4 Å². The van der Waals surface area contributed by atoms with Gasteiger partial charge < -0.3 is 19.5 Å². The van der Waals surface area contributed by atoms with Gasteiger partial charge in [-0.25, -0.2) is 4.98 Å². The fourth-order valence-electron chi connectivity index (χ4n) is 4.84. The van der Waals surface area contributed by atoms with Crippen LogP contribution in [0.4, 0.5) is 5.95 Å². The Balaban J connectivity index is 1.28.